The predicted octanol–water partition coefficient (Wildman–Crippen LogP) is 1.39. The summed E-state index contributed by atoms with van der Waals surface area (Å²) < 4.78 is 9.45. The van der Waals surface area contributed by atoms with Gasteiger partial charge in [0.05, 0.1) is 20.6 Å². The fraction of sp³-hybridized carbons (Fsp3) is 0.364. The number of nitrogens with two attached hydrogens (primary N) is 1. The van der Waals surface area contributed by atoms with Gasteiger partial charge in [0.25, 0.3) is 0 Å². The van der Waals surface area contributed by atoms with Gasteiger partial charge >= 0.3 is 5.97 Å². The number of benzene rings is 1. The van der Waals surface area contributed by atoms with Crippen molar-refractivity contribution in [1.82, 2.24) is 0 Å². The van der Waals surface area contributed by atoms with E-state index in [-0.39, 0.29) is 24.6 Å². The van der Waals surface area contributed by atoms with E-state index in [1.54, 1.807) is 18.2 Å². The smallest absolute Gasteiger partial charge is 0.307 e. The number of carbonyl (C=O) groups excluding carboxylic acids is 1. The minimum atomic E-state index is -0.609. The third-order valence-electron chi connectivity index (χ3n) is 2.26. The molecule has 0 spiro atoms. The van der Waals surface area contributed by atoms with Gasteiger partial charge in [0, 0.05) is 11.6 Å². The average molecular weight is 262 g/mol. The molecular formula is C11H16ClNO4. The van der Waals surface area contributed by atoms with E-state index in [1.165, 1.54) is 14.2 Å². The Bertz CT molecular complexity index is 384. The van der Waals surface area contributed by atoms with Gasteiger partial charge in [0.1, 0.15) is 0 Å². The molecule has 96 valence electrons. The van der Waals surface area contributed by atoms with Crippen molar-refractivity contribution in [2.24, 2.45) is 5.73 Å². The maximum atomic E-state index is 11.0. The Hall–Kier alpha value is -1.46. The van der Waals surface area contributed by atoms with Crippen LogP contribution in [0.5, 0.6) is 11.5 Å². The molecule has 0 saturated carbocycles. The molecule has 0 bridgehead atoms. The van der Waals surface area contributed by atoms with Crippen molar-refractivity contribution in [1.29, 1.82) is 0 Å². The Morgan fingerprint density at radius 2 is 2.12 bits per heavy atom. The van der Waals surface area contributed by atoms with E-state index >= 15 is 0 Å². The van der Waals surface area contributed by atoms with Crippen LogP contribution in [0.2, 0.25) is 0 Å². The van der Waals surface area contributed by atoms with Gasteiger partial charge in [-0.05, 0) is 6.07 Å². The van der Waals surface area contributed by atoms with Crippen LogP contribution in [0.4, 0.5) is 0 Å². The minimum Gasteiger partial charge on any atom is -0.504 e. The molecule has 6 heteroatoms. The third kappa shape index (κ3) is 3.80. The fourth-order valence-corrected chi connectivity index (χ4v) is 1.38. The molecule has 1 aromatic carbocycles. The van der Waals surface area contributed by atoms with E-state index in [1.807, 2.05) is 0 Å². The molecule has 0 fully saturated rings. The fourth-order valence-electron chi connectivity index (χ4n) is 1.38. The molecule has 3 N–H and O–H groups in total. The van der Waals surface area contributed by atoms with Crippen LogP contribution in [-0.4, -0.2) is 25.3 Å². The lowest BCUT2D eigenvalue weighted by Gasteiger charge is -2.14. The first kappa shape index (κ1) is 15.5. The Kier molecular flexibility index (Phi) is 6.38. The molecular weight excluding hydrogens is 246 g/mol. The summed E-state index contributed by atoms with van der Waals surface area (Å²) >= 11 is 0. The van der Waals surface area contributed by atoms with Crippen molar-refractivity contribution in [2.45, 2.75) is 12.5 Å². The normalized spacial score (nSPS) is 11.2. The highest BCUT2D eigenvalue weighted by atomic mass is 35.5. The SMILES string of the molecule is COC(=O)C[C@H](N)c1cccc(OC)c1O.Cl. The van der Waals surface area contributed by atoms with E-state index in [2.05, 4.69) is 4.74 Å². The highest BCUT2D eigenvalue weighted by molar-refractivity contribution is 5.85. The zero-order valence-electron chi connectivity index (χ0n) is 9.67. The van der Waals surface area contributed by atoms with E-state index in [0.29, 0.717) is 11.3 Å². The van der Waals surface area contributed by atoms with E-state index in [9.17, 15) is 9.90 Å². The van der Waals surface area contributed by atoms with E-state index in [4.69, 9.17) is 10.5 Å². The summed E-state index contributed by atoms with van der Waals surface area (Å²) in [6.07, 6.45) is 0.0111. The number of phenols is 1. The Morgan fingerprint density at radius 1 is 1.47 bits per heavy atom. The second kappa shape index (κ2) is 6.98. The first-order valence-corrected chi connectivity index (χ1v) is 4.78. The first-order chi connectivity index (χ1) is 7.60. The lowest BCUT2D eigenvalue weighted by molar-refractivity contribution is -0.141. The van der Waals surface area contributed by atoms with Crippen LogP contribution in [0.1, 0.15) is 18.0 Å². The summed E-state index contributed by atoms with van der Waals surface area (Å²) in [6, 6.07) is 4.35. The highest BCUT2D eigenvalue weighted by Gasteiger charge is 2.17. The largest absolute Gasteiger partial charge is 0.504 e. The molecule has 0 aromatic heterocycles. The number of para-hydroxylation sites is 1. The summed E-state index contributed by atoms with van der Waals surface area (Å²) in [4.78, 5) is 11.0. The maximum Gasteiger partial charge on any atom is 0.307 e. The number of esters is 1. The van der Waals surface area contributed by atoms with Gasteiger partial charge < -0.3 is 20.3 Å². The Morgan fingerprint density at radius 3 is 2.65 bits per heavy atom. The average Bonchev–Trinajstić information content (AvgIpc) is 2.29. The lowest BCUT2D eigenvalue weighted by Crippen LogP contribution is -2.16. The molecule has 5 nitrogen and oxygen atoms in total. The van der Waals surface area contributed by atoms with Gasteiger partial charge in [0.15, 0.2) is 11.5 Å². The molecule has 1 aromatic rings. The zero-order valence-corrected chi connectivity index (χ0v) is 10.5. The summed E-state index contributed by atoms with van der Waals surface area (Å²) in [7, 11) is 2.74. The maximum absolute atomic E-state index is 11.0. The summed E-state index contributed by atoms with van der Waals surface area (Å²) in [6.45, 7) is 0. The summed E-state index contributed by atoms with van der Waals surface area (Å²) in [5, 5.41) is 9.79. The third-order valence-corrected chi connectivity index (χ3v) is 2.26. The number of phenolic OH excluding ortho intramolecular Hbond substituents is 1. The number of halogens is 1. The second-order valence-electron chi connectivity index (χ2n) is 3.28. The lowest BCUT2D eigenvalue weighted by atomic mass is 10.0. The van der Waals surface area contributed by atoms with Crippen LogP contribution in [0.15, 0.2) is 18.2 Å². The van der Waals surface area contributed by atoms with Crippen LogP contribution in [0.3, 0.4) is 0 Å². The molecule has 1 rings (SSSR count). The van der Waals surface area contributed by atoms with Crippen LogP contribution in [-0.2, 0) is 9.53 Å². The molecule has 0 unspecified atom stereocenters. The molecule has 0 saturated heterocycles. The topological polar surface area (TPSA) is 81.8 Å². The van der Waals surface area contributed by atoms with Crippen LogP contribution < -0.4 is 10.5 Å². The van der Waals surface area contributed by atoms with Crippen molar-refractivity contribution >= 4 is 18.4 Å². The van der Waals surface area contributed by atoms with Gasteiger partial charge in [0.2, 0.25) is 0 Å². The predicted molar refractivity (Wildman–Crippen MR) is 65.5 cm³/mol. The molecule has 0 aliphatic rings. The van der Waals surface area contributed by atoms with Gasteiger partial charge in [-0.1, -0.05) is 12.1 Å². The molecule has 1 atom stereocenters. The monoisotopic (exact) mass is 261 g/mol. The number of hydrogen-bond acceptors (Lipinski definition) is 5. The van der Waals surface area contributed by atoms with Crippen LogP contribution >= 0.6 is 12.4 Å². The molecule has 0 heterocycles. The molecule has 0 amide bonds. The quantitative estimate of drug-likeness (QED) is 0.801. The Balaban J connectivity index is 0.00000256. The number of methoxy groups -OCH3 is 2. The number of aromatic hydroxyl groups is 1. The molecule has 0 radical (unpaired) electrons. The van der Waals surface area contributed by atoms with Crippen molar-refractivity contribution in [2.75, 3.05) is 14.2 Å². The van der Waals surface area contributed by atoms with Crippen molar-refractivity contribution < 1.29 is 19.4 Å². The standard InChI is InChI=1S/C11H15NO4.ClH/c1-15-9-5-3-4-7(11(9)14)8(12)6-10(13)16-2;/h3-5,8,14H,6,12H2,1-2H3;1H/t8-;/m0./s1. The van der Waals surface area contributed by atoms with Gasteiger partial charge in [-0.3, -0.25) is 4.79 Å². The number of hydrogen-bond donors (Lipinski definition) is 2. The zero-order chi connectivity index (χ0) is 12.1. The first-order valence-electron chi connectivity index (χ1n) is 4.78. The van der Waals surface area contributed by atoms with Gasteiger partial charge in [-0.15, -0.1) is 12.4 Å². The molecule has 17 heavy (non-hydrogen) atoms. The van der Waals surface area contributed by atoms with Crippen molar-refractivity contribution in [3.8, 4) is 11.5 Å². The van der Waals surface area contributed by atoms with Gasteiger partial charge in [-0.25, -0.2) is 0 Å². The van der Waals surface area contributed by atoms with Crippen molar-refractivity contribution in [3.05, 3.63) is 23.8 Å². The van der Waals surface area contributed by atoms with Crippen LogP contribution in [0.25, 0.3) is 0 Å². The minimum absolute atomic E-state index is 0. The molecule has 0 aliphatic heterocycles. The Labute approximate surface area is 106 Å². The number of carbonyl (C=O) groups is 1. The number of ether oxygens (including phenoxy) is 2. The number of rotatable bonds is 4. The summed E-state index contributed by atoms with van der Waals surface area (Å²) in [5.74, 6) is -0.131. The van der Waals surface area contributed by atoms with E-state index in [0.717, 1.165) is 0 Å². The van der Waals surface area contributed by atoms with Gasteiger partial charge in [-0.2, -0.15) is 0 Å². The second-order valence-corrected chi connectivity index (χ2v) is 3.28. The van der Waals surface area contributed by atoms with Crippen molar-refractivity contribution in [3.63, 3.8) is 0 Å². The molecule has 0 aliphatic carbocycles. The van der Waals surface area contributed by atoms with Crippen LogP contribution in [0, 0.1) is 0 Å². The highest BCUT2D eigenvalue weighted by Crippen LogP contribution is 2.33. The summed E-state index contributed by atoms with van der Waals surface area (Å²) in [5.41, 5.74) is 6.24. The van der Waals surface area contributed by atoms with E-state index < -0.39 is 12.0 Å².